The third kappa shape index (κ3) is 1.99. The average Bonchev–Trinajstić information content (AvgIpc) is 2.36. The molecule has 62 valence electrons. The van der Waals surface area contributed by atoms with Crippen molar-refractivity contribution in [3.63, 3.8) is 0 Å². The van der Waals surface area contributed by atoms with Crippen LogP contribution in [0, 0.1) is 0 Å². The quantitative estimate of drug-likeness (QED) is 0.391. The maximum absolute atomic E-state index is 11.0. The fourth-order valence-electron chi connectivity index (χ4n) is 1.08. The number of hydrogen-bond donors (Lipinski definition) is 1. The number of carbonyl (C=O) groups is 1. The van der Waals surface area contributed by atoms with Gasteiger partial charge in [0.1, 0.15) is 0 Å². The molecule has 1 rings (SSSR count). The fourth-order valence-corrected chi connectivity index (χ4v) is 1.51. The molecule has 1 aliphatic rings. The second kappa shape index (κ2) is 3.81. The van der Waals surface area contributed by atoms with Crippen molar-refractivity contribution in [3.05, 3.63) is 10.5 Å². The van der Waals surface area contributed by atoms with Gasteiger partial charge >= 0.3 is 5.97 Å². The van der Waals surface area contributed by atoms with Crippen LogP contribution in [-0.4, -0.2) is 12.6 Å². The third-order valence-corrected chi connectivity index (χ3v) is 2.16. The van der Waals surface area contributed by atoms with E-state index < -0.39 is 0 Å². The Morgan fingerprint density at radius 2 is 2.45 bits per heavy atom. The molecule has 0 saturated carbocycles. The van der Waals surface area contributed by atoms with Gasteiger partial charge in [0.25, 0.3) is 0 Å². The molecule has 1 fully saturated rings. The zero-order valence-corrected chi connectivity index (χ0v) is 7.49. The van der Waals surface area contributed by atoms with Gasteiger partial charge in [-0.05, 0) is 11.3 Å². The Kier molecular flexibility index (Phi) is 3.00. The monoisotopic (exact) mass is 172 g/mol. The molecule has 1 aliphatic heterocycles. The van der Waals surface area contributed by atoms with E-state index in [1.54, 1.807) is 0 Å². The molecular formula is C8H12O2S. The number of carbonyl (C=O) groups excluding carboxylic acids is 1. The molecule has 0 radical (unpaired) electrons. The Morgan fingerprint density at radius 3 is 2.91 bits per heavy atom. The lowest BCUT2D eigenvalue weighted by Gasteiger charge is -1.98. The summed E-state index contributed by atoms with van der Waals surface area (Å²) in [6.07, 6.45) is 2.64. The number of ether oxygens (including phenoxy) is 1. The summed E-state index contributed by atoms with van der Waals surface area (Å²) in [7, 11) is 0. The van der Waals surface area contributed by atoms with Gasteiger partial charge in [0.2, 0.25) is 0 Å². The zero-order valence-electron chi connectivity index (χ0n) is 6.59. The van der Waals surface area contributed by atoms with Crippen molar-refractivity contribution < 1.29 is 9.53 Å². The maximum atomic E-state index is 11.0. The van der Waals surface area contributed by atoms with Crippen LogP contribution in [0.25, 0.3) is 0 Å². The van der Waals surface area contributed by atoms with Crippen molar-refractivity contribution in [2.45, 2.75) is 26.2 Å². The van der Waals surface area contributed by atoms with E-state index >= 15 is 0 Å². The van der Waals surface area contributed by atoms with Crippen molar-refractivity contribution in [2.24, 2.45) is 0 Å². The molecule has 0 aromatic heterocycles. The maximum Gasteiger partial charge on any atom is 0.334 e. The Bertz CT molecular complexity index is 196. The molecule has 0 aromatic carbocycles. The lowest BCUT2D eigenvalue weighted by atomic mass is 10.1. The molecule has 2 nitrogen and oxygen atoms in total. The smallest absolute Gasteiger partial charge is 0.334 e. The molecule has 0 spiro atoms. The van der Waals surface area contributed by atoms with Gasteiger partial charge in [-0.3, -0.25) is 0 Å². The van der Waals surface area contributed by atoms with E-state index in [2.05, 4.69) is 19.6 Å². The first kappa shape index (κ1) is 8.65. The Labute approximate surface area is 72.0 Å². The highest BCUT2D eigenvalue weighted by atomic mass is 32.1. The summed E-state index contributed by atoms with van der Waals surface area (Å²) in [5.41, 5.74) is 0.773. The highest BCUT2D eigenvalue weighted by molar-refractivity contribution is 7.84. The highest BCUT2D eigenvalue weighted by Crippen LogP contribution is 2.23. The number of thiol groups is 1. The first-order valence-corrected chi connectivity index (χ1v) is 4.28. The molecule has 3 heteroatoms. The largest absolute Gasteiger partial charge is 0.462 e. The van der Waals surface area contributed by atoms with Crippen LogP contribution in [0.1, 0.15) is 26.2 Å². The van der Waals surface area contributed by atoms with Crippen LogP contribution in [0.5, 0.6) is 0 Å². The van der Waals surface area contributed by atoms with Crippen LogP contribution >= 0.6 is 12.6 Å². The standard InChI is InChI=1S/C8H12O2S/c1-2-3-7(11)6-4-5-10-8(6)9/h11H,2-5H2,1H3/b7-6-. The van der Waals surface area contributed by atoms with Crippen LogP contribution in [0.4, 0.5) is 0 Å². The van der Waals surface area contributed by atoms with Crippen LogP contribution in [0.3, 0.4) is 0 Å². The van der Waals surface area contributed by atoms with Gasteiger partial charge in [0, 0.05) is 12.0 Å². The van der Waals surface area contributed by atoms with Crippen molar-refractivity contribution in [1.29, 1.82) is 0 Å². The van der Waals surface area contributed by atoms with Crippen LogP contribution < -0.4 is 0 Å². The second-order valence-electron chi connectivity index (χ2n) is 2.56. The SMILES string of the molecule is CCC/C(S)=C1\CCOC1=O. The van der Waals surface area contributed by atoms with Crippen LogP contribution in [-0.2, 0) is 9.53 Å². The summed E-state index contributed by atoms with van der Waals surface area (Å²) in [5.74, 6) is -0.177. The molecule has 1 heterocycles. The minimum atomic E-state index is -0.177. The normalized spacial score (nSPS) is 21.8. The molecule has 0 N–H and O–H groups in total. The van der Waals surface area contributed by atoms with Gasteiger partial charge in [0.05, 0.1) is 6.61 Å². The Balaban J connectivity index is 2.68. The summed E-state index contributed by atoms with van der Waals surface area (Å²) in [4.78, 5) is 11.9. The summed E-state index contributed by atoms with van der Waals surface area (Å²) in [6, 6.07) is 0. The number of rotatable bonds is 2. The molecule has 1 saturated heterocycles. The number of esters is 1. The molecule has 0 atom stereocenters. The van der Waals surface area contributed by atoms with Gasteiger partial charge in [-0.2, -0.15) is 0 Å². The first-order valence-electron chi connectivity index (χ1n) is 3.83. The topological polar surface area (TPSA) is 26.3 Å². The molecule has 0 amide bonds. The number of allylic oxidation sites excluding steroid dienone is 1. The fraction of sp³-hybridized carbons (Fsp3) is 0.625. The lowest BCUT2D eigenvalue weighted by Crippen LogP contribution is -1.96. The summed E-state index contributed by atoms with van der Waals surface area (Å²) in [6.45, 7) is 2.60. The number of cyclic esters (lactones) is 1. The van der Waals surface area contributed by atoms with Crippen molar-refractivity contribution >= 4 is 18.6 Å². The van der Waals surface area contributed by atoms with E-state index in [1.165, 1.54) is 0 Å². The summed E-state index contributed by atoms with van der Waals surface area (Å²) < 4.78 is 4.79. The van der Waals surface area contributed by atoms with E-state index in [0.717, 1.165) is 29.7 Å². The minimum Gasteiger partial charge on any atom is -0.462 e. The second-order valence-corrected chi connectivity index (χ2v) is 3.10. The van der Waals surface area contributed by atoms with Crippen molar-refractivity contribution in [1.82, 2.24) is 0 Å². The van der Waals surface area contributed by atoms with Gasteiger partial charge in [-0.25, -0.2) is 4.79 Å². The highest BCUT2D eigenvalue weighted by Gasteiger charge is 2.20. The van der Waals surface area contributed by atoms with Crippen molar-refractivity contribution in [3.8, 4) is 0 Å². The Morgan fingerprint density at radius 1 is 1.73 bits per heavy atom. The summed E-state index contributed by atoms with van der Waals surface area (Å²) >= 11 is 4.24. The first-order chi connectivity index (χ1) is 5.25. The van der Waals surface area contributed by atoms with Crippen LogP contribution in [0.15, 0.2) is 10.5 Å². The molecule has 0 aliphatic carbocycles. The molecule has 0 bridgehead atoms. The van der Waals surface area contributed by atoms with E-state index in [9.17, 15) is 4.79 Å². The predicted octanol–water partition coefficient (Wildman–Crippen LogP) is 1.92. The average molecular weight is 172 g/mol. The zero-order chi connectivity index (χ0) is 8.27. The van der Waals surface area contributed by atoms with Crippen LogP contribution in [0.2, 0.25) is 0 Å². The minimum absolute atomic E-state index is 0.177. The molecular weight excluding hydrogens is 160 g/mol. The predicted molar refractivity (Wildman–Crippen MR) is 46.5 cm³/mol. The lowest BCUT2D eigenvalue weighted by molar-refractivity contribution is -0.135. The van der Waals surface area contributed by atoms with E-state index in [-0.39, 0.29) is 5.97 Å². The molecule has 11 heavy (non-hydrogen) atoms. The van der Waals surface area contributed by atoms with Gasteiger partial charge in [0.15, 0.2) is 0 Å². The number of hydrogen-bond acceptors (Lipinski definition) is 3. The molecule has 0 aromatic rings. The van der Waals surface area contributed by atoms with Crippen molar-refractivity contribution in [2.75, 3.05) is 6.61 Å². The molecule has 0 unspecified atom stereocenters. The van der Waals surface area contributed by atoms with Gasteiger partial charge in [-0.1, -0.05) is 13.3 Å². The third-order valence-electron chi connectivity index (χ3n) is 1.67. The Hall–Kier alpha value is -0.440. The van der Waals surface area contributed by atoms with E-state index in [1.807, 2.05) is 0 Å². The van der Waals surface area contributed by atoms with E-state index in [4.69, 9.17) is 4.74 Å². The summed E-state index contributed by atoms with van der Waals surface area (Å²) in [5, 5.41) is 0. The van der Waals surface area contributed by atoms with E-state index in [0.29, 0.717) is 6.61 Å². The van der Waals surface area contributed by atoms with Gasteiger partial charge in [-0.15, -0.1) is 12.6 Å². The van der Waals surface area contributed by atoms with Gasteiger partial charge < -0.3 is 4.74 Å².